The number of aromatic nitrogens is 4. The van der Waals surface area contributed by atoms with Crippen molar-refractivity contribution in [2.75, 3.05) is 73.8 Å². The fraction of sp³-hybridized carbons (Fsp3) is 0.355. The molecule has 4 aromatic rings. The van der Waals surface area contributed by atoms with Gasteiger partial charge in [0.15, 0.2) is 5.82 Å². The lowest BCUT2D eigenvalue weighted by Crippen LogP contribution is -2.47. The first-order valence-electron chi connectivity index (χ1n) is 14.4. The minimum absolute atomic E-state index is 0.227. The predicted octanol–water partition coefficient (Wildman–Crippen LogP) is 5.13. The fourth-order valence-corrected chi connectivity index (χ4v) is 5.22. The highest BCUT2D eigenvalue weighted by atomic mass is 35.5. The summed E-state index contributed by atoms with van der Waals surface area (Å²) in [5.41, 5.74) is 4.78. The minimum Gasteiger partial charge on any atom is -0.380 e. The molecule has 43 heavy (non-hydrogen) atoms. The third-order valence-electron chi connectivity index (χ3n) is 7.35. The average molecular weight is 604 g/mol. The molecule has 1 saturated heterocycles. The number of benzene rings is 2. The molecule has 0 aliphatic carbocycles. The summed E-state index contributed by atoms with van der Waals surface area (Å²) < 4.78 is 7.23. The molecule has 0 spiro atoms. The van der Waals surface area contributed by atoms with Crippen molar-refractivity contribution in [3.05, 3.63) is 76.7 Å². The molecule has 0 unspecified atom stereocenters. The summed E-state index contributed by atoms with van der Waals surface area (Å²) in [6.45, 7) is 12.0. The number of ether oxygens (including phenoxy) is 1. The van der Waals surface area contributed by atoms with Gasteiger partial charge in [-0.2, -0.15) is 9.78 Å². The number of piperazine rings is 1. The summed E-state index contributed by atoms with van der Waals surface area (Å²) in [6, 6.07) is 15.1. The van der Waals surface area contributed by atoms with Crippen molar-refractivity contribution in [1.29, 1.82) is 0 Å². The average Bonchev–Trinajstić information content (AvgIpc) is 3.38. The van der Waals surface area contributed by atoms with Crippen molar-refractivity contribution >= 4 is 46.2 Å². The SMILES string of the molecule is CCOCCN1CCN(c2cc(Cl)cc(C(=O)Nc3ccc(C)c(Nc4cc(C)nn4-c4cc(NC)ncn4)c3)c2)CC1. The van der Waals surface area contributed by atoms with E-state index in [1.165, 1.54) is 6.33 Å². The molecule has 0 saturated carbocycles. The third-order valence-corrected chi connectivity index (χ3v) is 7.57. The Labute approximate surface area is 257 Å². The molecule has 1 aliphatic heterocycles. The van der Waals surface area contributed by atoms with Crippen LogP contribution in [0.25, 0.3) is 5.82 Å². The summed E-state index contributed by atoms with van der Waals surface area (Å²) in [6.07, 6.45) is 1.49. The molecule has 1 amide bonds. The summed E-state index contributed by atoms with van der Waals surface area (Å²) >= 11 is 6.49. The number of nitrogens with one attached hydrogen (secondary N) is 3. The smallest absolute Gasteiger partial charge is 0.255 e. The topological polar surface area (TPSA) is 112 Å². The van der Waals surface area contributed by atoms with E-state index in [1.807, 2.05) is 63.2 Å². The van der Waals surface area contributed by atoms with Gasteiger partial charge >= 0.3 is 0 Å². The first-order valence-corrected chi connectivity index (χ1v) is 14.8. The highest BCUT2D eigenvalue weighted by Gasteiger charge is 2.19. The normalized spacial score (nSPS) is 13.7. The quantitative estimate of drug-likeness (QED) is 0.201. The number of hydrogen-bond acceptors (Lipinski definition) is 9. The van der Waals surface area contributed by atoms with Crippen LogP contribution in [0.15, 0.2) is 54.9 Å². The van der Waals surface area contributed by atoms with Crippen LogP contribution < -0.4 is 20.9 Å². The number of anilines is 5. The van der Waals surface area contributed by atoms with Gasteiger partial charge < -0.3 is 25.6 Å². The molecule has 3 N–H and O–H groups in total. The maximum Gasteiger partial charge on any atom is 0.255 e. The Hall–Kier alpha value is -4.19. The highest BCUT2D eigenvalue weighted by Crippen LogP contribution is 2.28. The zero-order valence-electron chi connectivity index (χ0n) is 25.0. The van der Waals surface area contributed by atoms with E-state index >= 15 is 0 Å². The number of carbonyl (C=O) groups is 1. The molecular weight excluding hydrogens is 566 g/mol. The van der Waals surface area contributed by atoms with E-state index in [2.05, 4.69) is 40.8 Å². The second-order valence-electron chi connectivity index (χ2n) is 10.4. The van der Waals surface area contributed by atoms with Crippen molar-refractivity contribution in [1.82, 2.24) is 24.6 Å². The van der Waals surface area contributed by atoms with E-state index < -0.39 is 0 Å². The molecule has 0 radical (unpaired) electrons. The monoisotopic (exact) mass is 603 g/mol. The van der Waals surface area contributed by atoms with Gasteiger partial charge in [-0.3, -0.25) is 9.69 Å². The zero-order chi connectivity index (χ0) is 30.3. The Kier molecular flexibility index (Phi) is 9.75. The Morgan fingerprint density at radius 1 is 1.02 bits per heavy atom. The lowest BCUT2D eigenvalue weighted by atomic mass is 10.1. The maximum absolute atomic E-state index is 13.4. The molecule has 5 rings (SSSR count). The van der Waals surface area contributed by atoms with Gasteiger partial charge in [0.1, 0.15) is 18.0 Å². The van der Waals surface area contributed by atoms with Crippen LogP contribution in [0.3, 0.4) is 0 Å². The predicted molar refractivity (Wildman–Crippen MR) is 172 cm³/mol. The molecule has 0 bridgehead atoms. The first kappa shape index (κ1) is 30.3. The second kappa shape index (κ2) is 13.9. The summed E-state index contributed by atoms with van der Waals surface area (Å²) in [5, 5.41) is 14.7. The molecule has 2 aromatic carbocycles. The maximum atomic E-state index is 13.4. The van der Waals surface area contributed by atoms with Gasteiger partial charge in [-0.25, -0.2) is 9.97 Å². The number of aryl methyl sites for hydroxylation is 2. The van der Waals surface area contributed by atoms with Crippen molar-refractivity contribution in [2.45, 2.75) is 20.8 Å². The summed E-state index contributed by atoms with van der Waals surface area (Å²) in [7, 11) is 1.81. The van der Waals surface area contributed by atoms with E-state index in [4.69, 9.17) is 16.3 Å². The first-order chi connectivity index (χ1) is 20.8. The summed E-state index contributed by atoms with van der Waals surface area (Å²) in [4.78, 5) is 26.6. The standard InChI is InChI=1S/C31H38ClN9O2/c1-5-43-13-12-39-8-10-40(11-9-39)26-16-23(15-24(32)17-26)31(42)36-25-7-6-21(2)27(18-25)37-30-14-22(3)38-41(30)29-19-28(33-4)34-20-35-29/h6-7,14-20,37H,5,8-13H2,1-4H3,(H,36,42)(H,33,34,35). The van der Waals surface area contributed by atoms with Gasteiger partial charge in [0.25, 0.3) is 5.91 Å². The molecule has 0 atom stereocenters. The Bertz CT molecular complexity index is 1570. The van der Waals surface area contributed by atoms with E-state index in [-0.39, 0.29) is 5.91 Å². The number of halogens is 1. The van der Waals surface area contributed by atoms with E-state index in [0.717, 1.165) is 74.4 Å². The van der Waals surface area contributed by atoms with Crippen LogP contribution >= 0.6 is 11.6 Å². The lowest BCUT2D eigenvalue weighted by molar-refractivity contribution is 0.102. The Morgan fingerprint density at radius 3 is 2.60 bits per heavy atom. The zero-order valence-corrected chi connectivity index (χ0v) is 25.8. The van der Waals surface area contributed by atoms with Gasteiger partial charge in [-0.1, -0.05) is 17.7 Å². The van der Waals surface area contributed by atoms with Gasteiger partial charge in [0, 0.05) is 86.2 Å². The molecule has 226 valence electrons. The van der Waals surface area contributed by atoms with Crippen LogP contribution in [0.1, 0.15) is 28.5 Å². The van der Waals surface area contributed by atoms with Crippen molar-refractivity contribution in [3.63, 3.8) is 0 Å². The number of amides is 1. The van der Waals surface area contributed by atoms with Crippen LogP contribution in [0.2, 0.25) is 5.02 Å². The molecule has 1 fully saturated rings. The van der Waals surface area contributed by atoms with Gasteiger partial charge in [-0.15, -0.1) is 0 Å². The third kappa shape index (κ3) is 7.61. The van der Waals surface area contributed by atoms with Crippen LogP contribution in [0, 0.1) is 13.8 Å². The van der Waals surface area contributed by atoms with Crippen LogP contribution in [-0.4, -0.2) is 83.5 Å². The largest absolute Gasteiger partial charge is 0.380 e. The molecular formula is C31H38ClN9O2. The fourth-order valence-electron chi connectivity index (χ4n) is 4.99. The minimum atomic E-state index is -0.227. The van der Waals surface area contributed by atoms with Crippen LogP contribution in [-0.2, 0) is 4.74 Å². The summed E-state index contributed by atoms with van der Waals surface area (Å²) in [5.74, 6) is 1.83. The van der Waals surface area contributed by atoms with E-state index in [9.17, 15) is 4.79 Å². The van der Waals surface area contributed by atoms with Gasteiger partial charge in [0.05, 0.1) is 12.3 Å². The van der Waals surface area contributed by atoms with E-state index in [1.54, 1.807) is 17.8 Å². The number of rotatable bonds is 11. The lowest BCUT2D eigenvalue weighted by Gasteiger charge is -2.36. The van der Waals surface area contributed by atoms with E-state index in [0.29, 0.717) is 27.9 Å². The number of nitrogens with zero attached hydrogens (tertiary/aromatic N) is 6. The van der Waals surface area contributed by atoms with Crippen molar-refractivity contribution < 1.29 is 9.53 Å². The Balaban J connectivity index is 1.29. The van der Waals surface area contributed by atoms with Gasteiger partial charge in [-0.05, 0) is 56.7 Å². The van der Waals surface area contributed by atoms with Crippen molar-refractivity contribution in [2.24, 2.45) is 0 Å². The number of hydrogen-bond donors (Lipinski definition) is 3. The van der Waals surface area contributed by atoms with Crippen LogP contribution in [0.5, 0.6) is 0 Å². The van der Waals surface area contributed by atoms with Crippen LogP contribution in [0.4, 0.5) is 28.7 Å². The Morgan fingerprint density at radius 2 is 1.84 bits per heavy atom. The molecule has 12 heteroatoms. The van der Waals surface area contributed by atoms with Gasteiger partial charge in [0.2, 0.25) is 0 Å². The molecule has 11 nitrogen and oxygen atoms in total. The highest BCUT2D eigenvalue weighted by molar-refractivity contribution is 6.31. The molecule has 2 aromatic heterocycles. The second-order valence-corrected chi connectivity index (χ2v) is 10.9. The molecule has 1 aliphatic rings. The number of carbonyl (C=O) groups excluding carboxylic acids is 1. The molecule has 3 heterocycles. The van der Waals surface area contributed by atoms with Crippen molar-refractivity contribution in [3.8, 4) is 5.82 Å².